The third-order valence-electron chi connectivity index (χ3n) is 5.00. The molecule has 1 atom stereocenters. The molecule has 1 amide bonds. The molecule has 3 rings (SSSR count). The van der Waals surface area contributed by atoms with Crippen molar-refractivity contribution in [3.63, 3.8) is 0 Å². The maximum atomic E-state index is 14.2. The van der Waals surface area contributed by atoms with Crippen LogP contribution >= 0.6 is 0 Å². The van der Waals surface area contributed by atoms with Crippen molar-refractivity contribution < 1.29 is 17.6 Å². The van der Waals surface area contributed by atoms with Crippen molar-refractivity contribution in [3.8, 4) is 0 Å². The third kappa shape index (κ3) is 5.92. The number of hydrogen-bond acceptors (Lipinski definition) is 3. The first kappa shape index (κ1) is 22.5. The second-order valence-electron chi connectivity index (χ2n) is 7.44. The second kappa shape index (κ2) is 9.75. The maximum Gasteiger partial charge on any atom is 0.251 e. The molecule has 0 aliphatic rings. The fraction of sp³-hybridized carbons (Fsp3) is 0.208. The molecule has 0 aliphatic heterocycles. The first-order chi connectivity index (χ1) is 14.8. The Morgan fingerprint density at radius 1 is 0.968 bits per heavy atom. The molecule has 0 aliphatic carbocycles. The van der Waals surface area contributed by atoms with E-state index in [1.807, 2.05) is 37.3 Å². The number of hydrogen-bond donors (Lipinski definition) is 1. The van der Waals surface area contributed by atoms with Gasteiger partial charge in [-0.1, -0.05) is 61.5 Å². The van der Waals surface area contributed by atoms with E-state index in [1.54, 1.807) is 30.3 Å². The summed E-state index contributed by atoms with van der Waals surface area (Å²) in [6.45, 7) is 2.51. The minimum atomic E-state index is -3.70. The van der Waals surface area contributed by atoms with Crippen LogP contribution in [0.2, 0.25) is 0 Å². The zero-order chi connectivity index (χ0) is 22.4. The molecule has 0 unspecified atom stereocenters. The molecule has 0 radical (unpaired) electrons. The van der Waals surface area contributed by atoms with Gasteiger partial charge in [0.2, 0.25) is 10.0 Å². The number of carbonyl (C=O) groups excluding carboxylic acids is 1. The molecule has 7 heteroatoms. The van der Waals surface area contributed by atoms with E-state index < -0.39 is 15.8 Å². The van der Waals surface area contributed by atoms with Crippen molar-refractivity contribution in [2.24, 2.45) is 0 Å². The van der Waals surface area contributed by atoms with Gasteiger partial charge in [-0.3, -0.25) is 9.10 Å². The van der Waals surface area contributed by atoms with Crippen LogP contribution in [0.5, 0.6) is 0 Å². The molecule has 1 N–H and O–H groups in total. The lowest BCUT2D eigenvalue weighted by Crippen LogP contribution is -2.30. The predicted molar refractivity (Wildman–Crippen MR) is 121 cm³/mol. The van der Waals surface area contributed by atoms with Gasteiger partial charge in [0.1, 0.15) is 5.82 Å². The smallest absolute Gasteiger partial charge is 0.251 e. The van der Waals surface area contributed by atoms with Crippen LogP contribution in [-0.2, 0) is 16.6 Å². The van der Waals surface area contributed by atoms with Crippen LogP contribution in [-0.4, -0.2) is 27.1 Å². The minimum Gasteiger partial charge on any atom is -0.351 e. The number of anilines is 1. The molecule has 0 fully saturated rings. The van der Waals surface area contributed by atoms with Crippen LogP contribution in [0, 0.1) is 5.82 Å². The topological polar surface area (TPSA) is 66.5 Å². The van der Waals surface area contributed by atoms with Gasteiger partial charge >= 0.3 is 0 Å². The molecule has 162 valence electrons. The molecule has 31 heavy (non-hydrogen) atoms. The highest BCUT2D eigenvalue weighted by Crippen LogP contribution is 2.24. The van der Waals surface area contributed by atoms with Crippen LogP contribution in [0.15, 0.2) is 78.9 Å². The van der Waals surface area contributed by atoms with Gasteiger partial charge in [-0.15, -0.1) is 0 Å². The molecular weight excluding hydrogens is 415 g/mol. The van der Waals surface area contributed by atoms with Crippen molar-refractivity contribution in [1.82, 2.24) is 5.32 Å². The predicted octanol–water partition coefficient (Wildman–Crippen LogP) is 4.33. The van der Waals surface area contributed by atoms with E-state index in [0.717, 1.165) is 16.1 Å². The average Bonchev–Trinajstić information content (AvgIpc) is 2.76. The average molecular weight is 441 g/mol. The van der Waals surface area contributed by atoms with E-state index in [0.29, 0.717) is 17.7 Å². The quantitative estimate of drug-likeness (QED) is 0.567. The number of nitrogens with zero attached hydrogens (tertiary/aromatic N) is 1. The third-order valence-corrected chi connectivity index (χ3v) is 6.13. The Kier molecular flexibility index (Phi) is 7.07. The van der Waals surface area contributed by atoms with Gasteiger partial charge in [0, 0.05) is 12.1 Å². The van der Waals surface area contributed by atoms with Crippen molar-refractivity contribution in [3.05, 3.63) is 101 Å². The number of para-hydroxylation sites is 1. The van der Waals surface area contributed by atoms with Gasteiger partial charge in [-0.25, -0.2) is 12.8 Å². The van der Waals surface area contributed by atoms with Gasteiger partial charge in [0.05, 0.1) is 18.5 Å². The summed E-state index contributed by atoms with van der Waals surface area (Å²) in [4.78, 5) is 12.5. The van der Waals surface area contributed by atoms with E-state index in [4.69, 9.17) is 0 Å². The molecule has 0 spiro atoms. The Hall–Kier alpha value is -3.19. The summed E-state index contributed by atoms with van der Waals surface area (Å²) in [5, 5.41) is 2.92. The van der Waals surface area contributed by atoms with Crippen molar-refractivity contribution in [1.29, 1.82) is 0 Å². The number of halogens is 1. The van der Waals surface area contributed by atoms with Crippen molar-refractivity contribution >= 4 is 21.6 Å². The number of carbonyl (C=O) groups is 1. The van der Waals surface area contributed by atoms with Crippen molar-refractivity contribution in [2.75, 3.05) is 17.1 Å². The molecule has 0 saturated carbocycles. The number of amides is 1. The molecule has 3 aromatic carbocycles. The summed E-state index contributed by atoms with van der Waals surface area (Å²) in [6.07, 6.45) is 1.04. The van der Waals surface area contributed by atoms with E-state index in [9.17, 15) is 17.6 Å². The van der Waals surface area contributed by atoms with Gasteiger partial charge in [-0.2, -0.15) is 0 Å². The molecule has 0 saturated heterocycles. The summed E-state index contributed by atoms with van der Waals surface area (Å²) in [7, 11) is -3.70. The van der Waals surface area contributed by atoms with Crippen molar-refractivity contribution in [2.45, 2.75) is 19.4 Å². The Bertz CT molecular complexity index is 1130. The van der Waals surface area contributed by atoms with Crippen LogP contribution in [0.1, 0.15) is 34.3 Å². The Balaban J connectivity index is 1.67. The Morgan fingerprint density at radius 3 is 2.19 bits per heavy atom. The first-order valence-electron chi connectivity index (χ1n) is 9.90. The molecule has 3 aromatic rings. The lowest BCUT2D eigenvalue weighted by atomic mass is 10.0. The van der Waals surface area contributed by atoms with E-state index in [2.05, 4.69) is 5.32 Å². The zero-order valence-corrected chi connectivity index (χ0v) is 18.3. The molecule has 0 aromatic heterocycles. The summed E-state index contributed by atoms with van der Waals surface area (Å²) in [5.41, 5.74) is 2.25. The minimum absolute atomic E-state index is 0.0123. The number of sulfonamides is 1. The largest absolute Gasteiger partial charge is 0.351 e. The SMILES string of the molecule is C[C@@H](CNC(=O)c1ccc(CN(c2ccccc2F)S(C)(=O)=O)cc1)c1ccccc1. The van der Waals surface area contributed by atoms with Gasteiger partial charge in [-0.05, 0) is 41.3 Å². The summed E-state index contributed by atoms with van der Waals surface area (Å²) < 4.78 is 39.6. The highest BCUT2D eigenvalue weighted by molar-refractivity contribution is 7.92. The fourth-order valence-electron chi connectivity index (χ4n) is 3.21. The molecular formula is C24H25FN2O3S. The molecule has 0 heterocycles. The zero-order valence-electron chi connectivity index (χ0n) is 17.5. The second-order valence-corrected chi connectivity index (χ2v) is 9.35. The lowest BCUT2D eigenvalue weighted by Gasteiger charge is -2.23. The normalized spacial score (nSPS) is 12.2. The lowest BCUT2D eigenvalue weighted by molar-refractivity contribution is 0.0951. The van der Waals surface area contributed by atoms with Crippen LogP contribution < -0.4 is 9.62 Å². The maximum absolute atomic E-state index is 14.2. The van der Waals surface area contributed by atoms with Crippen LogP contribution in [0.25, 0.3) is 0 Å². The van der Waals surface area contributed by atoms with Crippen LogP contribution in [0.3, 0.4) is 0 Å². The fourth-order valence-corrected chi connectivity index (χ4v) is 4.10. The summed E-state index contributed by atoms with van der Waals surface area (Å²) >= 11 is 0. The molecule has 5 nitrogen and oxygen atoms in total. The van der Waals surface area contributed by atoms with Gasteiger partial charge in [0.25, 0.3) is 5.91 Å². The summed E-state index contributed by atoms with van der Waals surface area (Å²) in [6, 6.07) is 22.3. The summed E-state index contributed by atoms with van der Waals surface area (Å²) in [5.74, 6) is -0.645. The van der Waals surface area contributed by atoms with E-state index in [1.165, 1.54) is 18.2 Å². The Labute approximate surface area is 182 Å². The number of benzene rings is 3. The van der Waals surface area contributed by atoms with E-state index in [-0.39, 0.29) is 24.1 Å². The monoisotopic (exact) mass is 440 g/mol. The number of rotatable bonds is 8. The Morgan fingerprint density at radius 2 is 1.58 bits per heavy atom. The van der Waals surface area contributed by atoms with Gasteiger partial charge in [0.15, 0.2) is 0 Å². The molecule has 0 bridgehead atoms. The standard InChI is InChI=1S/C24H25FN2O3S/c1-18(20-8-4-3-5-9-20)16-26-24(28)21-14-12-19(13-15-21)17-27(31(2,29)30)23-11-7-6-10-22(23)25/h3-15,18H,16-17H2,1-2H3,(H,26,28)/t18-/m0/s1. The first-order valence-corrected chi connectivity index (χ1v) is 11.7. The van der Waals surface area contributed by atoms with Gasteiger partial charge < -0.3 is 5.32 Å². The highest BCUT2D eigenvalue weighted by Gasteiger charge is 2.21. The van der Waals surface area contributed by atoms with E-state index >= 15 is 0 Å². The van der Waals surface area contributed by atoms with Crippen LogP contribution in [0.4, 0.5) is 10.1 Å². The number of nitrogens with one attached hydrogen (secondary N) is 1. The highest BCUT2D eigenvalue weighted by atomic mass is 32.2.